The van der Waals surface area contributed by atoms with Gasteiger partial charge in [-0.1, -0.05) is 0 Å². The monoisotopic (exact) mass is 164 g/mol. The highest BCUT2D eigenvalue weighted by atomic mass is 16.1. The molecule has 1 aliphatic rings. The van der Waals surface area contributed by atoms with Gasteiger partial charge < -0.3 is 16.4 Å². The predicted octanol–water partition coefficient (Wildman–Crippen LogP) is -0.0246. The number of anilines is 2. The van der Waals surface area contributed by atoms with E-state index in [-0.39, 0.29) is 0 Å². The molecule has 0 unspecified atom stereocenters. The first-order valence-electron chi connectivity index (χ1n) is 3.54. The van der Waals surface area contributed by atoms with Crippen molar-refractivity contribution in [1.82, 2.24) is 4.98 Å². The lowest BCUT2D eigenvalue weighted by Crippen LogP contribution is -2.13. The van der Waals surface area contributed by atoms with E-state index in [0.717, 1.165) is 11.4 Å². The summed E-state index contributed by atoms with van der Waals surface area (Å²) < 4.78 is 0. The van der Waals surface area contributed by atoms with E-state index in [4.69, 9.17) is 5.73 Å². The van der Waals surface area contributed by atoms with Crippen molar-refractivity contribution in [3.05, 3.63) is 18.0 Å². The molecule has 5 heteroatoms. The smallest absolute Gasteiger partial charge is 0.252 e. The number of nitrogens with zero attached hydrogens (tertiary/aromatic N) is 1. The molecule has 1 aromatic heterocycles. The molecule has 2 heterocycles. The number of hydrogen-bond acceptors (Lipinski definition) is 4. The molecule has 0 bridgehead atoms. The summed E-state index contributed by atoms with van der Waals surface area (Å²) in [6, 6.07) is 0. The lowest BCUT2D eigenvalue weighted by Gasteiger charge is -2.01. The van der Waals surface area contributed by atoms with Crippen LogP contribution in [0.2, 0.25) is 0 Å². The molecule has 1 aromatic rings. The number of carbonyl (C=O) groups is 1. The zero-order chi connectivity index (χ0) is 8.55. The standard InChI is InChI=1S/C7H8N4O/c8-7(12)4-1-9-2-5-6(4)11-3-10-5/h1-2,10-11H,3H2,(H2,8,12). The zero-order valence-corrected chi connectivity index (χ0v) is 6.29. The van der Waals surface area contributed by atoms with E-state index < -0.39 is 5.91 Å². The van der Waals surface area contributed by atoms with E-state index in [0.29, 0.717) is 12.2 Å². The second kappa shape index (κ2) is 2.37. The van der Waals surface area contributed by atoms with Gasteiger partial charge in [0.05, 0.1) is 29.8 Å². The van der Waals surface area contributed by atoms with Crippen molar-refractivity contribution in [2.45, 2.75) is 0 Å². The minimum atomic E-state index is -0.462. The Morgan fingerprint density at radius 1 is 1.50 bits per heavy atom. The van der Waals surface area contributed by atoms with Gasteiger partial charge in [0, 0.05) is 6.20 Å². The normalized spacial score (nSPS) is 13.0. The van der Waals surface area contributed by atoms with Crippen LogP contribution in [0.1, 0.15) is 10.4 Å². The molecule has 0 aromatic carbocycles. The number of aromatic nitrogens is 1. The Kier molecular flexibility index (Phi) is 1.36. The summed E-state index contributed by atoms with van der Waals surface area (Å²) in [5, 5.41) is 6.01. The Bertz CT molecular complexity index is 336. The van der Waals surface area contributed by atoms with Crippen LogP contribution >= 0.6 is 0 Å². The van der Waals surface area contributed by atoms with Gasteiger partial charge in [-0.2, -0.15) is 0 Å². The average molecular weight is 164 g/mol. The second-order valence-corrected chi connectivity index (χ2v) is 2.50. The highest BCUT2D eigenvalue weighted by molar-refractivity contribution is 6.01. The van der Waals surface area contributed by atoms with Gasteiger partial charge in [0.2, 0.25) is 0 Å². The highest BCUT2D eigenvalue weighted by Gasteiger charge is 2.16. The fourth-order valence-corrected chi connectivity index (χ4v) is 1.20. The lowest BCUT2D eigenvalue weighted by atomic mass is 10.2. The van der Waals surface area contributed by atoms with E-state index in [1.807, 2.05) is 0 Å². The summed E-state index contributed by atoms with van der Waals surface area (Å²) >= 11 is 0. The minimum Gasteiger partial charge on any atom is -0.366 e. The molecule has 0 saturated carbocycles. The van der Waals surface area contributed by atoms with Crippen LogP contribution in [0.25, 0.3) is 0 Å². The Morgan fingerprint density at radius 2 is 2.33 bits per heavy atom. The molecule has 0 saturated heterocycles. The SMILES string of the molecule is NC(=O)c1cncc2c1NCN2. The van der Waals surface area contributed by atoms with E-state index in [9.17, 15) is 4.79 Å². The molecular formula is C7H8N4O. The van der Waals surface area contributed by atoms with Crippen LogP contribution in [0, 0.1) is 0 Å². The van der Waals surface area contributed by atoms with Gasteiger partial charge in [-0.3, -0.25) is 9.78 Å². The number of amides is 1. The molecule has 0 aliphatic carbocycles. The predicted molar refractivity (Wildman–Crippen MR) is 44.9 cm³/mol. The summed E-state index contributed by atoms with van der Waals surface area (Å²) in [5.41, 5.74) is 7.14. The second-order valence-electron chi connectivity index (χ2n) is 2.50. The molecule has 1 amide bonds. The third-order valence-electron chi connectivity index (χ3n) is 1.76. The Balaban J connectivity index is 2.56. The molecular weight excluding hydrogens is 156 g/mol. The first-order chi connectivity index (χ1) is 5.79. The molecule has 62 valence electrons. The highest BCUT2D eigenvalue weighted by Crippen LogP contribution is 2.27. The van der Waals surface area contributed by atoms with E-state index >= 15 is 0 Å². The maximum Gasteiger partial charge on any atom is 0.252 e. The molecule has 0 atom stereocenters. The fourth-order valence-electron chi connectivity index (χ4n) is 1.20. The van der Waals surface area contributed by atoms with Crippen LogP contribution < -0.4 is 16.4 Å². The summed E-state index contributed by atoms with van der Waals surface area (Å²) in [6.45, 7) is 0.612. The van der Waals surface area contributed by atoms with E-state index in [1.165, 1.54) is 6.20 Å². The number of carbonyl (C=O) groups excluding carboxylic acids is 1. The molecule has 12 heavy (non-hydrogen) atoms. The van der Waals surface area contributed by atoms with Gasteiger partial charge in [0.15, 0.2) is 0 Å². The number of primary amides is 1. The topological polar surface area (TPSA) is 80.0 Å². The zero-order valence-electron chi connectivity index (χ0n) is 6.29. The maximum atomic E-state index is 10.9. The maximum absolute atomic E-state index is 10.9. The quantitative estimate of drug-likeness (QED) is 0.544. The van der Waals surface area contributed by atoms with Crippen LogP contribution in [0.15, 0.2) is 12.4 Å². The van der Waals surface area contributed by atoms with Crippen LogP contribution in [-0.4, -0.2) is 17.6 Å². The Morgan fingerprint density at radius 3 is 3.08 bits per heavy atom. The number of nitrogens with two attached hydrogens (primary N) is 1. The summed E-state index contributed by atoms with van der Waals surface area (Å²) in [5.74, 6) is -0.462. The first-order valence-corrected chi connectivity index (χ1v) is 3.54. The number of rotatable bonds is 1. The van der Waals surface area contributed by atoms with Crippen molar-refractivity contribution in [2.75, 3.05) is 17.3 Å². The summed E-state index contributed by atoms with van der Waals surface area (Å²) in [6.07, 6.45) is 3.11. The largest absolute Gasteiger partial charge is 0.366 e. The number of hydrogen-bond donors (Lipinski definition) is 3. The number of pyridine rings is 1. The third kappa shape index (κ3) is 0.868. The van der Waals surface area contributed by atoms with Crippen LogP contribution in [-0.2, 0) is 0 Å². The van der Waals surface area contributed by atoms with Crippen molar-refractivity contribution in [2.24, 2.45) is 5.73 Å². The molecule has 0 spiro atoms. The first kappa shape index (κ1) is 6.90. The van der Waals surface area contributed by atoms with Crippen molar-refractivity contribution < 1.29 is 4.79 Å². The molecule has 0 fully saturated rings. The Labute approximate surface area is 69.0 Å². The van der Waals surface area contributed by atoms with Crippen molar-refractivity contribution in [3.8, 4) is 0 Å². The molecule has 1 aliphatic heterocycles. The summed E-state index contributed by atoms with van der Waals surface area (Å²) in [7, 11) is 0. The van der Waals surface area contributed by atoms with E-state index in [1.54, 1.807) is 6.20 Å². The van der Waals surface area contributed by atoms with Gasteiger partial charge in [-0.05, 0) is 0 Å². The van der Waals surface area contributed by atoms with Gasteiger partial charge in [-0.25, -0.2) is 0 Å². The number of fused-ring (bicyclic) bond motifs is 1. The van der Waals surface area contributed by atoms with Crippen molar-refractivity contribution >= 4 is 17.3 Å². The van der Waals surface area contributed by atoms with E-state index in [2.05, 4.69) is 15.6 Å². The Hall–Kier alpha value is -1.78. The van der Waals surface area contributed by atoms with Crippen molar-refractivity contribution in [1.29, 1.82) is 0 Å². The van der Waals surface area contributed by atoms with Gasteiger partial charge >= 0.3 is 0 Å². The minimum absolute atomic E-state index is 0.428. The summed E-state index contributed by atoms with van der Waals surface area (Å²) in [4.78, 5) is 14.7. The average Bonchev–Trinajstić information content (AvgIpc) is 2.49. The van der Waals surface area contributed by atoms with Crippen LogP contribution in [0.5, 0.6) is 0 Å². The van der Waals surface area contributed by atoms with Crippen LogP contribution in [0.3, 0.4) is 0 Å². The molecule has 4 N–H and O–H groups in total. The van der Waals surface area contributed by atoms with Gasteiger partial charge in [0.1, 0.15) is 0 Å². The fraction of sp³-hybridized carbons (Fsp3) is 0.143. The molecule has 2 rings (SSSR count). The molecule has 5 nitrogen and oxygen atoms in total. The molecule has 0 radical (unpaired) electrons. The van der Waals surface area contributed by atoms with Crippen LogP contribution in [0.4, 0.5) is 11.4 Å². The van der Waals surface area contributed by atoms with Crippen molar-refractivity contribution in [3.63, 3.8) is 0 Å². The lowest BCUT2D eigenvalue weighted by molar-refractivity contribution is 0.100. The van der Waals surface area contributed by atoms with Gasteiger partial charge in [-0.15, -0.1) is 0 Å². The van der Waals surface area contributed by atoms with Gasteiger partial charge in [0.25, 0.3) is 5.91 Å². The number of nitrogens with one attached hydrogen (secondary N) is 2. The third-order valence-corrected chi connectivity index (χ3v) is 1.76.